The van der Waals surface area contributed by atoms with Gasteiger partial charge in [0.25, 0.3) is 0 Å². The van der Waals surface area contributed by atoms with E-state index >= 15 is 0 Å². The second-order valence-electron chi connectivity index (χ2n) is 4.65. The summed E-state index contributed by atoms with van der Waals surface area (Å²) in [6.07, 6.45) is 3.58. The molecule has 2 aromatic heterocycles. The minimum absolute atomic E-state index is 0.00376. The second kappa shape index (κ2) is 5.90. The molecule has 1 aromatic carbocycles. The van der Waals surface area contributed by atoms with Crippen LogP contribution >= 0.6 is 0 Å². The number of benzene rings is 1. The van der Waals surface area contributed by atoms with Gasteiger partial charge in [0.05, 0.1) is 19.4 Å². The molecule has 0 radical (unpaired) electrons. The number of anilines is 1. The summed E-state index contributed by atoms with van der Waals surface area (Å²) in [7, 11) is 0. The number of nitrogens with one attached hydrogen (secondary N) is 1. The molecule has 3 N–H and O–H groups in total. The van der Waals surface area contributed by atoms with Crippen LogP contribution in [0, 0.1) is 0 Å². The highest BCUT2D eigenvalue weighted by atomic mass is 16.3. The van der Waals surface area contributed by atoms with Crippen molar-refractivity contribution in [3.05, 3.63) is 48.3 Å². The van der Waals surface area contributed by atoms with Crippen molar-refractivity contribution in [2.24, 2.45) is 0 Å². The third kappa shape index (κ3) is 2.72. The number of fused-ring (bicyclic) bond motifs is 1. The van der Waals surface area contributed by atoms with Crippen LogP contribution in [0.15, 0.2) is 42.7 Å². The molecule has 0 spiro atoms. The molecular weight excluding hydrogens is 268 g/mol. The fourth-order valence-electron chi connectivity index (χ4n) is 2.19. The first-order valence-corrected chi connectivity index (χ1v) is 6.71. The molecule has 21 heavy (non-hydrogen) atoms. The molecule has 6 heteroatoms. The van der Waals surface area contributed by atoms with Crippen LogP contribution in [0.1, 0.15) is 5.56 Å². The normalized spacial score (nSPS) is 11.0. The lowest BCUT2D eigenvalue weighted by molar-refractivity contribution is 0.282. The number of aliphatic hydroxyl groups excluding tert-OH is 2. The molecule has 2 heterocycles. The third-order valence-electron chi connectivity index (χ3n) is 3.21. The predicted molar refractivity (Wildman–Crippen MR) is 79.9 cm³/mol. The van der Waals surface area contributed by atoms with E-state index in [1.165, 1.54) is 0 Å². The van der Waals surface area contributed by atoms with E-state index in [-0.39, 0.29) is 13.2 Å². The molecule has 0 saturated heterocycles. The Balaban J connectivity index is 2.05. The molecule has 0 amide bonds. The highest BCUT2D eigenvalue weighted by Gasteiger charge is 2.09. The molecule has 0 fully saturated rings. The van der Waals surface area contributed by atoms with Crippen LogP contribution in [0.25, 0.3) is 16.8 Å². The van der Waals surface area contributed by atoms with E-state index in [1.54, 1.807) is 10.7 Å². The quantitative estimate of drug-likeness (QED) is 0.657. The Morgan fingerprint density at radius 1 is 1.19 bits per heavy atom. The minimum Gasteiger partial charge on any atom is -0.395 e. The summed E-state index contributed by atoms with van der Waals surface area (Å²) >= 11 is 0. The summed E-state index contributed by atoms with van der Waals surface area (Å²) in [6.45, 7) is 0.508. The van der Waals surface area contributed by atoms with Crippen molar-refractivity contribution in [3.63, 3.8) is 0 Å². The number of hydrogen-bond acceptors (Lipinski definition) is 5. The van der Waals surface area contributed by atoms with Crippen molar-refractivity contribution in [1.82, 2.24) is 14.6 Å². The van der Waals surface area contributed by atoms with E-state index in [9.17, 15) is 5.11 Å². The summed E-state index contributed by atoms with van der Waals surface area (Å²) < 4.78 is 1.70. The largest absolute Gasteiger partial charge is 0.395 e. The molecule has 0 atom stereocenters. The Morgan fingerprint density at radius 2 is 2.10 bits per heavy atom. The fraction of sp³-hybridized carbons (Fsp3) is 0.200. The Labute approximate surface area is 121 Å². The third-order valence-corrected chi connectivity index (χ3v) is 3.21. The first-order chi connectivity index (χ1) is 10.3. The smallest absolute Gasteiger partial charge is 0.165 e. The average molecular weight is 284 g/mol. The second-order valence-corrected chi connectivity index (χ2v) is 4.65. The van der Waals surface area contributed by atoms with Gasteiger partial charge in [-0.1, -0.05) is 18.2 Å². The zero-order valence-electron chi connectivity index (χ0n) is 11.4. The number of aliphatic hydroxyl groups is 2. The maximum Gasteiger partial charge on any atom is 0.165 e. The number of hydrogen-bond donors (Lipinski definition) is 3. The lowest BCUT2D eigenvalue weighted by Crippen LogP contribution is -2.07. The van der Waals surface area contributed by atoms with Gasteiger partial charge in [-0.2, -0.15) is 5.10 Å². The van der Waals surface area contributed by atoms with Gasteiger partial charge in [-0.05, 0) is 23.3 Å². The molecule has 0 saturated carbocycles. The Bertz CT molecular complexity index is 754. The highest BCUT2D eigenvalue weighted by Crippen LogP contribution is 2.25. The molecule has 3 rings (SSSR count). The summed E-state index contributed by atoms with van der Waals surface area (Å²) in [4.78, 5) is 4.52. The molecule has 0 aliphatic carbocycles. The van der Waals surface area contributed by atoms with Gasteiger partial charge in [0.1, 0.15) is 5.82 Å². The summed E-state index contributed by atoms with van der Waals surface area (Å²) in [5, 5.41) is 25.4. The standard InChI is InChI=1S/C15H16N4O2/c20-7-5-16-14-4-6-19-15(18-14)13(9-17-19)12-3-1-2-11(8-12)10-21/h1-4,6,8-9,20-21H,5,7,10H2,(H,16,18). The molecular formula is C15H16N4O2. The van der Waals surface area contributed by atoms with Crippen molar-refractivity contribution >= 4 is 11.5 Å². The van der Waals surface area contributed by atoms with Crippen LogP contribution in [-0.2, 0) is 6.61 Å². The number of aromatic nitrogens is 3. The monoisotopic (exact) mass is 284 g/mol. The molecule has 108 valence electrons. The molecule has 0 bridgehead atoms. The van der Waals surface area contributed by atoms with Crippen molar-refractivity contribution in [1.29, 1.82) is 0 Å². The van der Waals surface area contributed by atoms with Crippen LogP contribution in [0.3, 0.4) is 0 Å². The Kier molecular flexibility index (Phi) is 3.81. The topological polar surface area (TPSA) is 82.7 Å². The molecule has 0 aliphatic heterocycles. The van der Waals surface area contributed by atoms with Gasteiger partial charge in [0.2, 0.25) is 0 Å². The summed E-state index contributed by atoms with van der Waals surface area (Å²) in [5.41, 5.74) is 3.44. The molecule has 3 aromatic rings. The van der Waals surface area contributed by atoms with Gasteiger partial charge in [-0.15, -0.1) is 0 Å². The maximum atomic E-state index is 9.24. The van der Waals surface area contributed by atoms with Gasteiger partial charge in [-0.3, -0.25) is 0 Å². The van der Waals surface area contributed by atoms with E-state index in [0.29, 0.717) is 12.4 Å². The fourth-order valence-corrected chi connectivity index (χ4v) is 2.19. The van der Waals surface area contributed by atoms with Gasteiger partial charge >= 0.3 is 0 Å². The van der Waals surface area contributed by atoms with Crippen molar-refractivity contribution in [2.45, 2.75) is 6.61 Å². The van der Waals surface area contributed by atoms with Crippen LogP contribution in [0.2, 0.25) is 0 Å². The van der Waals surface area contributed by atoms with Gasteiger partial charge < -0.3 is 15.5 Å². The summed E-state index contributed by atoms with van der Waals surface area (Å²) in [5.74, 6) is 0.691. The zero-order chi connectivity index (χ0) is 14.7. The lowest BCUT2D eigenvalue weighted by Gasteiger charge is -2.05. The SMILES string of the molecule is OCCNc1ccn2ncc(-c3cccc(CO)c3)c2n1. The highest BCUT2D eigenvalue weighted by molar-refractivity contribution is 5.78. The van der Waals surface area contributed by atoms with Crippen LogP contribution < -0.4 is 5.32 Å². The van der Waals surface area contributed by atoms with Crippen LogP contribution in [-0.4, -0.2) is 38.0 Å². The van der Waals surface area contributed by atoms with Gasteiger partial charge in [0.15, 0.2) is 5.65 Å². The molecule has 0 aliphatic rings. The van der Waals surface area contributed by atoms with E-state index in [0.717, 1.165) is 22.3 Å². The maximum absolute atomic E-state index is 9.24. The van der Waals surface area contributed by atoms with Gasteiger partial charge in [-0.25, -0.2) is 9.50 Å². The number of nitrogens with zero attached hydrogens (tertiary/aromatic N) is 3. The lowest BCUT2D eigenvalue weighted by atomic mass is 10.1. The van der Waals surface area contributed by atoms with Crippen LogP contribution in [0.4, 0.5) is 5.82 Å². The van der Waals surface area contributed by atoms with E-state index in [2.05, 4.69) is 15.4 Å². The van der Waals surface area contributed by atoms with Gasteiger partial charge in [0, 0.05) is 18.3 Å². The van der Waals surface area contributed by atoms with E-state index in [4.69, 9.17) is 5.11 Å². The summed E-state index contributed by atoms with van der Waals surface area (Å²) in [6, 6.07) is 9.47. The molecule has 0 unspecified atom stereocenters. The average Bonchev–Trinajstić information content (AvgIpc) is 2.96. The van der Waals surface area contributed by atoms with Crippen molar-refractivity contribution < 1.29 is 10.2 Å². The first kappa shape index (κ1) is 13.5. The minimum atomic E-state index is 0.00376. The van der Waals surface area contributed by atoms with E-state index in [1.807, 2.05) is 36.5 Å². The number of rotatable bonds is 5. The van der Waals surface area contributed by atoms with E-state index < -0.39 is 0 Å². The van der Waals surface area contributed by atoms with Crippen LogP contribution in [0.5, 0.6) is 0 Å². The first-order valence-electron chi connectivity index (χ1n) is 6.71. The van der Waals surface area contributed by atoms with Crippen molar-refractivity contribution in [2.75, 3.05) is 18.5 Å². The Hall–Kier alpha value is -2.44. The zero-order valence-corrected chi connectivity index (χ0v) is 11.4. The predicted octanol–water partition coefficient (Wildman–Crippen LogP) is 1.29. The Morgan fingerprint density at radius 3 is 2.90 bits per heavy atom. The van der Waals surface area contributed by atoms with Crippen molar-refractivity contribution in [3.8, 4) is 11.1 Å². The molecule has 6 nitrogen and oxygen atoms in total.